The summed E-state index contributed by atoms with van der Waals surface area (Å²) in [4.78, 5) is 15.4. The lowest BCUT2D eigenvalue weighted by molar-refractivity contribution is -0.137. The van der Waals surface area contributed by atoms with Gasteiger partial charge in [0.25, 0.3) is 0 Å². The highest BCUT2D eigenvalue weighted by Crippen LogP contribution is 2.43. The first kappa shape index (κ1) is 21.6. The van der Waals surface area contributed by atoms with E-state index in [-0.39, 0.29) is 18.4 Å². The summed E-state index contributed by atoms with van der Waals surface area (Å²) in [5.74, 6) is 0.598. The number of carbonyl (C=O) groups excluding carboxylic acids is 1. The summed E-state index contributed by atoms with van der Waals surface area (Å²) in [7, 11) is 2.18. The summed E-state index contributed by atoms with van der Waals surface area (Å²) < 4.78 is 11.1. The molecule has 1 aromatic carbocycles. The number of likely N-dealkylation sites (tertiary alicyclic amines) is 1. The summed E-state index contributed by atoms with van der Waals surface area (Å²) in [6.07, 6.45) is 5.45. The number of ether oxygens (including phenoxy) is 2. The maximum absolute atomic E-state index is 11.7. The number of rotatable bonds is 3. The van der Waals surface area contributed by atoms with E-state index in [1.807, 2.05) is 25.1 Å². The number of fused-ring (bicyclic) bond motifs is 2. The third-order valence-electron chi connectivity index (χ3n) is 5.27. The number of esters is 1. The molecule has 2 aromatic rings. The Kier molecular flexibility index (Phi) is 7.17. The summed E-state index contributed by atoms with van der Waals surface area (Å²) in [5, 5.41) is 2.15. The average molecular weight is 432 g/mol. The second-order valence-electron chi connectivity index (χ2n) is 7.19. The maximum Gasteiger partial charge on any atom is 0.330 e. The average Bonchev–Trinajstić information content (AvgIpc) is 3.10. The molecule has 0 N–H and O–H groups in total. The molecule has 1 fully saturated rings. The van der Waals surface area contributed by atoms with Gasteiger partial charge in [-0.3, -0.25) is 0 Å². The van der Waals surface area contributed by atoms with Crippen LogP contribution in [-0.4, -0.2) is 37.6 Å². The van der Waals surface area contributed by atoms with E-state index in [2.05, 4.69) is 29.5 Å². The molecule has 2 aliphatic heterocycles. The monoisotopic (exact) mass is 431 g/mol. The Labute approximate surface area is 182 Å². The van der Waals surface area contributed by atoms with Gasteiger partial charge >= 0.3 is 5.97 Å². The lowest BCUT2D eigenvalue weighted by Gasteiger charge is -2.26. The summed E-state index contributed by atoms with van der Waals surface area (Å²) in [6.45, 7) is 4.95. The molecule has 4 nitrogen and oxygen atoms in total. The number of nitrogens with zero attached hydrogens (tertiary/aromatic N) is 1. The molecule has 0 spiro atoms. The van der Waals surface area contributed by atoms with E-state index in [4.69, 9.17) is 9.47 Å². The summed E-state index contributed by atoms with van der Waals surface area (Å²) in [5.41, 5.74) is 6.19. The van der Waals surface area contributed by atoms with Crippen molar-refractivity contribution in [2.75, 3.05) is 26.7 Å². The molecule has 0 atom stereocenters. The molecule has 1 aromatic heterocycles. The molecule has 29 heavy (non-hydrogen) atoms. The van der Waals surface area contributed by atoms with E-state index < -0.39 is 0 Å². The van der Waals surface area contributed by atoms with Gasteiger partial charge in [0.15, 0.2) is 0 Å². The number of thiophene rings is 1. The van der Waals surface area contributed by atoms with Gasteiger partial charge in [0.2, 0.25) is 0 Å². The predicted molar refractivity (Wildman–Crippen MR) is 121 cm³/mol. The van der Waals surface area contributed by atoms with Gasteiger partial charge in [0, 0.05) is 40.7 Å². The van der Waals surface area contributed by atoms with E-state index in [1.165, 1.54) is 27.7 Å². The summed E-state index contributed by atoms with van der Waals surface area (Å²) in [6, 6.07) is 8.32. The second-order valence-corrected chi connectivity index (χ2v) is 8.10. The van der Waals surface area contributed by atoms with Crippen molar-refractivity contribution in [1.29, 1.82) is 0 Å². The number of carbonyl (C=O) groups is 1. The van der Waals surface area contributed by atoms with Crippen LogP contribution < -0.4 is 4.74 Å². The highest BCUT2D eigenvalue weighted by molar-refractivity contribution is 7.11. The highest BCUT2D eigenvalue weighted by atomic mass is 35.5. The molecule has 1 saturated heterocycles. The Morgan fingerprint density at radius 3 is 2.83 bits per heavy atom. The minimum atomic E-state index is -0.317. The molecule has 0 radical (unpaired) electrons. The number of hydrogen-bond donors (Lipinski definition) is 0. The smallest absolute Gasteiger partial charge is 0.330 e. The molecule has 4 rings (SSSR count). The molecule has 0 aliphatic carbocycles. The topological polar surface area (TPSA) is 38.8 Å². The Bertz CT molecular complexity index is 937. The molecule has 0 unspecified atom stereocenters. The van der Waals surface area contributed by atoms with Crippen LogP contribution in [0.2, 0.25) is 0 Å². The third-order valence-corrected chi connectivity index (χ3v) is 6.25. The fourth-order valence-electron chi connectivity index (χ4n) is 3.76. The van der Waals surface area contributed by atoms with E-state index >= 15 is 0 Å². The zero-order valence-electron chi connectivity index (χ0n) is 16.8. The van der Waals surface area contributed by atoms with Crippen molar-refractivity contribution in [3.63, 3.8) is 0 Å². The Balaban J connectivity index is 0.00000240. The van der Waals surface area contributed by atoms with Crippen LogP contribution in [0.25, 0.3) is 11.6 Å². The van der Waals surface area contributed by atoms with E-state index in [1.54, 1.807) is 11.3 Å². The van der Waals surface area contributed by atoms with E-state index in [0.717, 1.165) is 42.8 Å². The van der Waals surface area contributed by atoms with Gasteiger partial charge in [-0.25, -0.2) is 4.79 Å². The third kappa shape index (κ3) is 4.74. The fraction of sp³-hybridized carbons (Fsp3) is 0.348. The highest BCUT2D eigenvalue weighted by Gasteiger charge is 2.25. The molecular weight excluding hydrogens is 406 g/mol. The van der Waals surface area contributed by atoms with Crippen molar-refractivity contribution >= 4 is 41.4 Å². The molecule has 0 amide bonds. The SMILES string of the molecule is CCOC(=O)/C=C/c1ccc2c(c1)C(=C1CCN(C)CC1)c1sccc1CO2.Cl. The molecule has 6 heteroatoms. The fourth-order valence-corrected chi connectivity index (χ4v) is 4.78. The minimum absolute atomic E-state index is 0. The first-order chi connectivity index (χ1) is 13.7. The lowest BCUT2D eigenvalue weighted by atomic mass is 9.90. The van der Waals surface area contributed by atoms with Gasteiger partial charge in [-0.15, -0.1) is 23.7 Å². The minimum Gasteiger partial charge on any atom is -0.488 e. The zero-order valence-corrected chi connectivity index (χ0v) is 18.4. The predicted octanol–water partition coefficient (Wildman–Crippen LogP) is 5.17. The van der Waals surface area contributed by atoms with Crippen molar-refractivity contribution in [1.82, 2.24) is 4.90 Å². The van der Waals surface area contributed by atoms with Crippen LogP contribution in [0, 0.1) is 0 Å². The quantitative estimate of drug-likeness (QED) is 0.496. The largest absolute Gasteiger partial charge is 0.488 e. The normalized spacial score (nSPS) is 16.5. The number of benzene rings is 1. The van der Waals surface area contributed by atoms with Gasteiger partial charge < -0.3 is 14.4 Å². The van der Waals surface area contributed by atoms with Gasteiger partial charge in [0.1, 0.15) is 12.4 Å². The molecule has 0 saturated carbocycles. The van der Waals surface area contributed by atoms with Crippen LogP contribution in [0.1, 0.15) is 41.3 Å². The second kappa shape index (κ2) is 9.61. The molecule has 2 aliphatic rings. The number of halogens is 1. The van der Waals surface area contributed by atoms with E-state index in [9.17, 15) is 4.79 Å². The Hall–Kier alpha value is -2.08. The standard InChI is InChI=1S/C23H25NO3S.ClH/c1-3-26-21(25)7-5-16-4-6-20-19(14-16)22(17-8-11-24(2)12-9-17)23-18(15-27-20)10-13-28-23;/h4-7,10,13-14H,3,8-9,11-12,15H2,1-2H3;1H/b7-5+;. The van der Waals surface area contributed by atoms with Crippen LogP contribution in [0.4, 0.5) is 0 Å². The van der Waals surface area contributed by atoms with Crippen LogP contribution in [0.5, 0.6) is 5.75 Å². The van der Waals surface area contributed by atoms with Crippen molar-refractivity contribution < 1.29 is 14.3 Å². The Morgan fingerprint density at radius 1 is 1.28 bits per heavy atom. The van der Waals surface area contributed by atoms with Crippen LogP contribution in [-0.2, 0) is 16.1 Å². The molecular formula is C23H26ClNO3S. The van der Waals surface area contributed by atoms with Gasteiger partial charge in [-0.1, -0.05) is 11.6 Å². The van der Waals surface area contributed by atoms with Crippen molar-refractivity contribution in [3.8, 4) is 5.75 Å². The lowest BCUT2D eigenvalue weighted by Crippen LogP contribution is -2.26. The number of hydrogen-bond acceptors (Lipinski definition) is 5. The van der Waals surface area contributed by atoms with Crippen molar-refractivity contribution in [3.05, 3.63) is 62.9 Å². The summed E-state index contributed by atoms with van der Waals surface area (Å²) >= 11 is 1.79. The maximum atomic E-state index is 11.7. The van der Waals surface area contributed by atoms with Crippen LogP contribution >= 0.6 is 23.7 Å². The van der Waals surface area contributed by atoms with Gasteiger partial charge in [-0.2, -0.15) is 0 Å². The van der Waals surface area contributed by atoms with E-state index in [0.29, 0.717) is 13.2 Å². The molecule has 3 heterocycles. The van der Waals surface area contributed by atoms with Gasteiger partial charge in [-0.05, 0) is 62.0 Å². The van der Waals surface area contributed by atoms with Crippen LogP contribution in [0.3, 0.4) is 0 Å². The molecule has 154 valence electrons. The van der Waals surface area contributed by atoms with Crippen molar-refractivity contribution in [2.45, 2.75) is 26.4 Å². The van der Waals surface area contributed by atoms with Gasteiger partial charge in [0.05, 0.1) is 6.61 Å². The first-order valence-electron chi connectivity index (χ1n) is 9.75. The Morgan fingerprint density at radius 2 is 2.07 bits per heavy atom. The van der Waals surface area contributed by atoms with Crippen molar-refractivity contribution in [2.24, 2.45) is 0 Å². The first-order valence-corrected chi connectivity index (χ1v) is 10.6. The number of piperidine rings is 1. The zero-order chi connectivity index (χ0) is 19.5. The van der Waals surface area contributed by atoms with Crippen LogP contribution in [0.15, 0.2) is 41.3 Å². The molecule has 0 bridgehead atoms.